The van der Waals surface area contributed by atoms with Gasteiger partial charge in [-0.1, -0.05) is 323 Å². The van der Waals surface area contributed by atoms with E-state index in [4.69, 9.17) is 33.7 Å². The molecular formula is C90H138N4O7. The third-order valence-electron chi connectivity index (χ3n) is 20.0. The summed E-state index contributed by atoms with van der Waals surface area (Å²) in [5, 5.41) is 1.88. The van der Waals surface area contributed by atoms with Crippen LogP contribution in [0.1, 0.15) is 364 Å². The van der Waals surface area contributed by atoms with Gasteiger partial charge in [0.2, 0.25) is 0 Å². The van der Waals surface area contributed by atoms with Crippen LogP contribution in [-0.2, 0) is 0 Å². The molecule has 2 N–H and O–H groups in total. The van der Waals surface area contributed by atoms with E-state index in [1.54, 1.807) is 18.2 Å². The largest absolute Gasteiger partial charge is 0.494 e. The first-order valence-electron chi connectivity index (χ1n) is 41.7. The van der Waals surface area contributed by atoms with Crippen molar-refractivity contribution in [3.8, 4) is 51.3 Å². The van der Waals surface area contributed by atoms with E-state index in [-0.39, 0.29) is 0 Å². The number of fused-ring (bicyclic) bond motifs is 2. The van der Waals surface area contributed by atoms with Crippen molar-refractivity contribution in [2.75, 3.05) is 33.0 Å². The van der Waals surface area contributed by atoms with Crippen LogP contribution in [0.2, 0.25) is 0 Å². The van der Waals surface area contributed by atoms with E-state index in [2.05, 4.69) is 69.7 Å². The van der Waals surface area contributed by atoms with Gasteiger partial charge in [0.25, 0.3) is 11.8 Å². The van der Waals surface area contributed by atoms with Crippen molar-refractivity contribution in [2.45, 2.75) is 343 Å². The number of benzene rings is 5. The van der Waals surface area contributed by atoms with E-state index < -0.39 is 11.8 Å². The zero-order valence-electron chi connectivity index (χ0n) is 64.4. The summed E-state index contributed by atoms with van der Waals surface area (Å²) in [5.74, 6) is 2.78. The quantitative estimate of drug-likeness (QED) is 0.0283. The first kappa shape index (κ1) is 83.6. The topological polar surface area (TPSA) is 130 Å². The molecule has 0 bridgehead atoms. The number of nitrogens with one attached hydrogen (secondary N) is 2. The minimum Gasteiger partial charge on any atom is -0.494 e. The summed E-state index contributed by atoms with van der Waals surface area (Å²) in [6.45, 7) is 14.5. The Hall–Kier alpha value is -6.36. The average Bonchev–Trinajstić information content (AvgIpc) is 0.769. The normalized spacial score (nSPS) is 11.4. The van der Waals surface area contributed by atoms with Gasteiger partial charge in [-0.3, -0.25) is 20.4 Å². The highest BCUT2D eigenvalue weighted by Crippen LogP contribution is 2.40. The van der Waals surface area contributed by atoms with E-state index in [0.29, 0.717) is 78.1 Å². The van der Waals surface area contributed by atoms with Gasteiger partial charge in [0.15, 0.2) is 23.0 Å². The molecule has 0 unspecified atom stereocenters. The summed E-state index contributed by atoms with van der Waals surface area (Å²) in [5.41, 5.74) is 10.2. The Morgan fingerprint density at radius 3 is 0.921 bits per heavy atom. The molecule has 2 amide bonds. The molecule has 1 aromatic heterocycles. The first-order valence-corrected chi connectivity index (χ1v) is 41.7. The van der Waals surface area contributed by atoms with Crippen molar-refractivity contribution in [3.63, 3.8) is 0 Å². The molecule has 0 spiro atoms. The number of carbonyl (C=O) groups is 2. The van der Waals surface area contributed by atoms with Gasteiger partial charge >= 0.3 is 0 Å². The summed E-state index contributed by atoms with van der Waals surface area (Å²) in [4.78, 5) is 38.6. The standard InChI is InChI=1S/C90H138N4O7/c1-6-11-16-21-26-31-35-40-45-50-65-98-83-62-58-76(72-85(83)100-67-52-47-42-37-33-28-23-18-13-8-3)87-88(77-59-63-84(99-66-51-46-41-36-32-27-22-17-12-7-2)86(73-77)101-68-53-48-43-38-34-29-24-19-14-9-4)92-82-71-79(57-61-81(82)91-87)90(96)94-93-89(95)78-55-54-75-70-80(60-56-74(75)69-78)97-64-49-44-39-30-25-20-15-10-5/h54-63,69-73H,6-53,64-68H2,1-5H3,(H,93,95)(H,94,96). The Morgan fingerprint density at radius 1 is 0.267 bits per heavy atom. The highest BCUT2D eigenvalue weighted by atomic mass is 16.5. The molecule has 0 atom stereocenters. The fraction of sp³-hybridized carbons (Fsp3) is 0.644. The van der Waals surface area contributed by atoms with Gasteiger partial charge in [-0.25, -0.2) is 9.97 Å². The molecule has 0 fully saturated rings. The molecule has 0 saturated carbocycles. The summed E-state index contributed by atoms with van der Waals surface area (Å²) in [6.07, 6.45) is 60.2. The molecule has 101 heavy (non-hydrogen) atoms. The molecule has 11 nitrogen and oxygen atoms in total. The zero-order valence-corrected chi connectivity index (χ0v) is 64.4. The maximum atomic E-state index is 14.1. The number of ether oxygens (including phenoxy) is 5. The summed E-state index contributed by atoms with van der Waals surface area (Å²) in [7, 11) is 0. The number of hydrogen-bond acceptors (Lipinski definition) is 9. The SMILES string of the molecule is CCCCCCCCCCCCOc1ccc(-c2nc3ccc(C(=O)NNC(=O)c4ccc5cc(OCCCCCCCCCC)ccc5c4)cc3nc2-c2ccc(OCCCCCCCCCCCC)c(OCCCCCCCCCCCC)c2)cc1OCCCCCCCCCCCC. The van der Waals surface area contributed by atoms with Crippen molar-refractivity contribution in [1.82, 2.24) is 20.8 Å². The second-order valence-electron chi connectivity index (χ2n) is 29.0. The van der Waals surface area contributed by atoms with Crippen LogP contribution in [0.5, 0.6) is 28.7 Å². The number of carbonyl (C=O) groups excluding carboxylic acids is 2. The van der Waals surface area contributed by atoms with E-state index in [1.165, 1.54) is 250 Å². The van der Waals surface area contributed by atoms with Crippen LogP contribution in [-0.4, -0.2) is 54.8 Å². The average molecular weight is 1390 g/mol. The van der Waals surface area contributed by atoms with Crippen LogP contribution in [0.4, 0.5) is 0 Å². The summed E-state index contributed by atoms with van der Waals surface area (Å²) >= 11 is 0. The molecule has 0 aliphatic rings. The molecule has 6 rings (SSSR count). The van der Waals surface area contributed by atoms with Crippen LogP contribution < -0.4 is 34.5 Å². The number of rotatable bonds is 62. The number of hydrazine groups is 1. The van der Waals surface area contributed by atoms with Crippen molar-refractivity contribution in [1.29, 1.82) is 0 Å². The highest BCUT2D eigenvalue weighted by molar-refractivity contribution is 6.02. The second-order valence-corrected chi connectivity index (χ2v) is 29.0. The molecule has 0 aliphatic carbocycles. The van der Waals surface area contributed by atoms with E-state index in [9.17, 15) is 9.59 Å². The molecule has 0 aliphatic heterocycles. The van der Waals surface area contributed by atoms with Crippen LogP contribution in [0.3, 0.4) is 0 Å². The van der Waals surface area contributed by atoms with Crippen molar-refractivity contribution < 1.29 is 33.3 Å². The highest BCUT2D eigenvalue weighted by Gasteiger charge is 2.21. The number of aromatic nitrogens is 2. The van der Waals surface area contributed by atoms with Crippen molar-refractivity contribution >= 4 is 33.6 Å². The summed E-state index contributed by atoms with van der Waals surface area (Å²) in [6, 6.07) is 29.2. The predicted molar refractivity (Wildman–Crippen MR) is 427 cm³/mol. The Morgan fingerprint density at radius 2 is 0.554 bits per heavy atom. The minimum atomic E-state index is -0.476. The number of hydrogen-bond donors (Lipinski definition) is 2. The Bertz CT molecular complexity index is 3140. The van der Waals surface area contributed by atoms with Gasteiger partial charge in [-0.05, 0) is 122 Å². The van der Waals surface area contributed by atoms with E-state index in [1.807, 2.05) is 48.5 Å². The fourth-order valence-electron chi connectivity index (χ4n) is 13.6. The molecule has 11 heteroatoms. The van der Waals surface area contributed by atoms with Crippen LogP contribution >= 0.6 is 0 Å². The monoisotopic (exact) mass is 1390 g/mol. The van der Waals surface area contributed by atoms with Gasteiger partial charge in [-0.2, -0.15) is 0 Å². The second kappa shape index (κ2) is 54.3. The number of amides is 2. The third-order valence-corrected chi connectivity index (χ3v) is 20.0. The predicted octanol–water partition coefficient (Wildman–Crippen LogP) is 26.9. The molecule has 0 saturated heterocycles. The Kier molecular flexibility index (Phi) is 44.9. The first-order chi connectivity index (χ1) is 49.8. The smallest absolute Gasteiger partial charge is 0.269 e. The maximum Gasteiger partial charge on any atom is 0.269 e. The van der Waals surface area contributed by atoms with Crippen LogP contribution in [0, 0.1) is 0 Å². The van der Waals surface area contributed by atoms with Crippen LogP contribution in [0.25, 0.3) is 44.3 Å². The third kappa shape index (κ3) is 34.7. The van der Waals surface area contributed by atoms with Crippen molar-refractivity contribution in [2.24, 2.45) is 0 Å². The van der Waals surface area contributed by atoms with Gasteiger partial charge in [-0.15, -0.1) is 0 Å². The molecule has 1 heterocycles. The lowest BCUT2D eigenvalue weighted by Gasteiger charge is -2.17. The molecular weight excluding hydrogens is 1250 g/mol. The zero-order chi connectivity index (χ0) is 71.3. The number of nitrogens with zero attached hydrogens (tertiary/aromatic N) is 2. The Balaban J connectivity index is 1.24. The lowest BCUT2D eigenvalue weighted by molar-refractivity contribution is 0.0847. The number of unbranched alkanes of at least 4 members (excludes halogenated alkanes) is 43. The van der Waals surface area contributed by atoms with Gasteiger partial charge < -0.3 is 23.7 Å². The van der Waals surface area contributed by atoms with E-state index in [0.717, 1.165) is 96.9 Å². The molecule has 0 radical (unpaired) electrons. The molecule has 5 aromatic carbocycles. The summed E-state index contributed by atoms with van der Waals surface area (Å²) < 4.78 is 32.9. The lowest BCUT2D eigenvalue weighted by atomic mass is 10.0. The lowest BCUT2D eigenvalue weighted by Crippen LogP contribution is -2.41. The molecule has 6 aromatic rings. The van der Waals surface area contributed by atoms with Gasteiger partial charge in [0, 0.05) is 22.3 Å². The van der Waals surface area contributed by atoms with Crippen molar-refractivity contribution in [3.05, 3.63) is 102 Å². The molecule has 560 valence electrons. The van der Waals surface area contributed by atoms with Gasteiger partial charge in [0.05, 0.1) is 55.5 Å². The van der Waals surface area contributed by atoms with E-state index >= 15 is 0 Å². The van der Waals surface area contributed by atoms with Crippen LogP contribution in [0.15, 0.2) is 91.0 Å². The Labute approximate surface area is 613 Å². The fourth-order valence-corrected chi connectivity index (χ4v) is 13.6. The minimum absolute atomic E-state index is 0.326. The van der Waals surface area contributed by atoms with Gasteiger partial charge in [0.1, 0.15) is 5.75 Å². The maximum absolute atomic E-state index is 14.1.